The van der Waals surface area contributed by atoms with Gasteiger partial charge in [-0.2, -0.15) is 0 Å². The van der Waals surface area contributed by atoms with Crippen LogP contribution in [0.15, 0.2) is 0 Å². The van der Waals surface area contributed by atoms with Gasteiger partial charge in [0.2, 0.25) is 11.8 Å². The van der Waals surface area contributed by atoms with Gasteiger partial charge in [0.25, 0.3) is 0 Å². The molecule has 10 nitrogen and oxygen atoms in total. The van der Waals surface area contributed by atoms with Crippen LogP contribution in [0, 0.1) is 5.41 Å². The van der Waals surface area contributed by atoms with Crippen LogP contribution in [0.1, 0.15) is 19.8 Å². The normalized spacial score (nSPS) is 24.3. The Bertz CT molecular complexity index is 432. The second-order valence-electron chi connectivity index (χ2n) is 5.27. The standard InChI is InChI=1S/C12H24N6O4/c1-6(16-10(21)7(13)5-19)9(20)17-8-3-2-4-18(11(8)22)12(14)15/h6-8,11,19,22H,2-5,13H2,1H3,(H3,14,15)(H,16,21)(H,17,20)/t6-,7+,8-,11-/m0/s1. The van der Waals surface area contributed by atoms with Crippen molar-refractivity contribution in [2.75, 3.05) is 13.2 Å². The van der Waals surface area contributed by atoms with Gasteiger partial charge in [-0.1, -0.05) is 0 Å². The zero-order valence-electron chi connectivity index (χ0n) is 12.5. The highest BCUT2D eigenvalue weighted by Crippen LogP contribution is 2.15. The zero-order valence-corrected chi connectivity index (χ0v) is 12.5. The number of rotatable bonds is 5. The molecule has 1 saturated heterocycles. The molecule has 1 aliphatic rings. The van der Waals surface area contributed by atoms with Crippen molar-refractivity contribution in [1.82, 2.24) is 15.5 Å². The largest absolute Gasteiger partial charge is 0.394 e. The summed E-state index contributed by atoms with van der Waals surface area (Å²) in [4.78, 5) is 24.8. The molecule has 0 aliphatic carbocycles. The Labute approximate surface area is 128 Å². The number of piperidine rings is 1. The molecule has 9 N–H and O–H groups in total. The van der Waals surface area contributed by atoms with E-state index < -0.39 is 42.8 Å². The first-order chi connectivity index (χ1) is 10.3. The second kappa shape index (κ2) is 7.92. The molecule has 10 heteroatoms. The molecule has 2 amide bonds. The van der Waals surface area contributed by atoms with Gasteiger partial charge in [0.05, 0.1) is 12.6 Å². The van der Waals surface area contributed by atoms with Gasteiger partial charge in [0.15, 0.2) is 5.96 Å². The van der Waals surface area contributed by atoms with Crippen molar-refractivity contribution in [3.05, 3.63) is 0 Å². The van der Waals surface area contributed by atoms with E-state index in [9.17, 15) is 14.7 Å². The van der Waals surface area contributed by atoms with E-state index in [2.05, 4.69) is 10.6 Å². The molecule has 22 heavy (non-hydrogen) atoms. The molecule has 0 spiro atoms. The lowest BCUT2D eigenvalue weighted by atomic mass is 10.0. The number of hydrogen-bond donors (Lipinski definition) is 7. The van der Waals surface area contributed by atoms with Crippen molar-refractivity contribution in [2.24, 2.45) is 11.5 Å². The van der Waals surface area contributed by atoms with Gasteiger partial charge in [-0.25, -0.2) is 0 Å². The van der Waals surface area contributed by atoms with Crippen molar-refractivity contribution in [1.29, 1.82) is 5.41 Å². The first-order valence-electron chi connectivity index (χ1n) is 7.03. The molecular formula is C12H24N6O4. The summed E-state index contributed by atoms with van der Waals surface area (Å²) < 4.78 is 0. The maximum Gasteiger partial charge on any atom is 0.242 e. The Morgan fingerprint density at radius 3 is 2.64 bits per heavy atom. The fourth-order valence-electron chi connectivity index (χ4n) is 2.17. The monoisotopic (exact) mass is 316 g/mol. The minimum absolute atomic E-state index is 0.262. The summed E-state index contributed by atoms with van der Waals surface area (Å²) in [5.41, 5.74) is 10.7. The van der Waals surface area contributed by atoms with Gasteiger partial charge in [-0.05, 0) is 19.8 Å². The first kappa shape index (κ1) is 18.1. The molecule has 0 aromatic heterocycles. The predicted molar refractivity (Wildman–Crippen MR) is 78.5 cm³/mol. The maximum atomic E-state index is 12.0. The highest BCUT2D eigenvalue weighted by atomic mass is 16.3. The summed E-state index contributed by atoms with van der Waals surface area (Å²) >= 11 is 0. The molecule has 0 radical (unpaired) electrons. The lowest BCUT2D eigenvalue weighted by molar-refractivity contribution is -0.131. The number of carbonyl (C=O) groups excluding carboxylic acids is 2. The van der Waals surface area contributed by atoms with Crippen molar-refractivity contribution < 1.29 is 19.8 Å². The number of likely N-dealkylation sites (tertiary alicyclic amines) is 1. The molecule has 0 bridgehead atoms. The molecule has 1 aliphatic heterocycles. The van der Waals surface area contributed by atoms with Crippen LogP contribution in [0.3, 0.4) is 0 Å². The minimum atomic E-state index is -1.09. The van der Waals surface area contributed by atoms with Crippen LogP contribution in [-0.4, -0.2) is 70.4 Å². The fourth-order valence-corrected chi connectivity index (χ4v) is 2.17. The van der Waals surface area contributed by atoms with Gasteiger partial charge < -0.3 is 37.2 Å². The molecule has 1 fully saturated rings. The number of guanidine groups is 1. The number of nitrogens with one attached hydrogen (secondary N) is 3. The Kier molecular flexibility index (Phi) is 6.53. The lowest BCUT2D eigenvalue weighted by Crippen LogP contribution is -2.60. The van der Waals surface area contributed by atoms with Gasteiger partial charge in [-0.15, -0.1) is 0 Å². The summed E-state index contributed by atoms with van der Waals surface area (Å²) in [6, 6.07) is -2.55. The lowest BCUT2D eigenvalue weighted by Gasteiger charge is -2.38. The predicted octanol–water partition coefficient (Wildman–Crippen LogP) is -3.40. The van der Waals surface area contributed by atoms with E-state index in [1.54, 1.807) is 0 Å². The Balaban J connectivity index is 2.56. The number of carbonyl (C=O) groups is 2. The smallest absolute Gasteiger partial charge is 0.242 e. The third kappa shape index (κ3) is 4.55. The van der Waals surface area contributed by atoms with Gasteiger partial charge in [0, 0.05) is 6.54 Å². The number of nitrogens with zero attached hydrogens (tertiary/aromatic N) is 1. The summed E-state index contributed by atoms with van der Waals surface area (Å²) in [5.74, 6) is -1.39. The van der Waals surface area contributed by atoms with Gasteiger partial charge in [0.1, 0.15) is 18.3 Å². The van der Waals surface area contributed by atoms with Gasteiger partial charge >= 0.3 is 0 Å². The Morgan fingerprint density at radius 2 is 2.09 bits per heavy atom. The number of aliphatic hydroxyl groups is 2. The molecule has 0 aromatic carbocycles. The average molecular weight is 316 g/mol. The highest BCUT2D eigenvalue weighted by Gasteiger charge is 2.32. The molecular weight excluding hydrogens is 292 g/mol. The number of nitrogens with two attached hydrogens (primary N) is 2. The van der Waals surface area contributed by atoms with Crippen molar-refractivity contribution in [3.63, 3.8) is 0 Å². The summed E-state index contributed by atoms with van der Waals surface area (Å²) in [6.07, 6.45) is 0.114. The molecule has 0 unspecified atom stereocenters. The van der Waals surface area contributed by atoms with Crippen LogP contribution in [0.25, 0.3) is 0 Å². The summed E-state index contributed by atoms with van der Waals surface area (Å²) in [6.45, 7) is 1.39. The average Bonchev–Trinajstić information content (AvgIpc) is 2.47. The summed E-state index contributed by atoms with van der Waals surface area (Å²) in [7, 11) is 0. The van der Waals surface area contributed by atoms with Crippen LogP contribution in [0.2, 0.25) is 0 Å². The molecule has 0 aromatic rings. The quantitative estimate of drug-likeness (QED) is 0.204. The number of amides is 2. The third-order valence-electron chi connectivity index (χ3n) is 3.52. The van der Waals surface area contributed by atoms with E-state index in [1.165, 1.54) is 11.8 Å². The van der Waals surface area contributed by atoms with Crippen LogP contribution >= 0.6 is 0 Å². The van der Waals surface area contributed by atoms with E-state index in [0.29, 0.717) is 19.4 Å². The van der Waals surface area contributed by atoms with E-state index >= 15 is 0 Å². The van der Waals surface area contributed by atoms with Crippen LogP contribution in [-0.2, 0) is 9.59 Å². The van der Waals surface area contributed by atoms with E-state index in [1.807, 2.05) is 0 Å². The van der Waals surface area contributed by atoms with E-state index in [4.69, 9.17) is 22.0 Å². The van der Waals surface area contributed by atoms with Crippen LogP contribution in [0.5, 0.6) is 0 Å². The Hall–Kier alpha value is -1.91. The molecule has 0 saturated carbocycles. The van der Waals surface area contributed by atoms with Crippen molar-refractivity contribution >= 4 is 17.8 Å². The third-order valence-corrected chi connectivity index (χ3v) is 3.52. The molecule has 4 atom stereocenters. The fraction of sp³-hybridized carbons (Fsp3) is 0.750. The topological polar surface area (TPSA) is 178 Å². The second-order valence-corrected chi connectivity index (χ2v) is 5.27. The van der Waals surface area contributed by atoms with Crippen molar-refractivity contribution in [2.45, 2.75) is 44.1 Å². The van der Waals surface area contributed by atoms with Gasteiger partial charge in [-0.3, -0.25) is 15.0 Å². The molecule has 1 rings (SSSR count). The SMILES string of the molecule is C[C@H](NC(=O)[C@H](N)CO)C(=O)N[C@H]1CCCN(C(=N)N)[C@H]1O. The number of hydrogen-bond acceptors (Lipinski definition) is 6. The summed E-state index contributed by atoms with van der Waals surface area (Å²) in [5, 5.41) is 31.2. The molecule has 126 valence electrons. The number of aliphatic hydroxyl groups excluding tert-OH is 2. The zero-order chi connectivity index (χ0) is 16.9. The van der Waals surface area contributed by atoms with E-state index in [0.717, 1.165) is 0 Å². The maximum absolute atomic E-state index is 12.0. The Morgan fingerprint density at radius 1 is 1.45 bits per heavy atom. The van der Waals surface area contributed by atoms with Crippen molar-refractivity contribution in [3.8, 4) is 0 Å². The van der Waals surface area contributed by atoms with E-state index in [-0.39, 0.29) is 5.96 Å². The van der Waals surface area contributed by atoms with Crippen LogP contribution < -0.4 is 22.1 Å². The molecule has 1 heterocycles. The highest BCUT2D eigenvalue weighted by molar-refractivity contribution is 5.89. The minimum Gasteiger partial charge on any atom is -0.394 e. The van der Waals surface area contributed by atoms with Crippen LogP contribution in [0.4, 0.5) is 0 Å². The first-order valence-corrected chi connectivity index (χ1v) is 7.03.